The maximum atomic E-state index is 14.1. The maximum Gasteiger partial charge on any atom is 0.254 e. The number of benzene rings is 2. The number of hydrogen-bond donors (Lipinski definition) is 1. The Labute approximate surface area is 198 Å². The quantitative estimate of drug-likeness (QED) is 0.616. The molecule has 5 rings (SSSR count). The molecule has 0 aliphatic carbocycles. The molecule has 34 heavy (non-hydrogen) atoms. The first-order chi connectivity index (χ1) is 16.3. The van der Waals surface area contributed by atoms with Crippen molar-refractivity contribution in [2.24, 2.45) is 0 Å². The molecule has 2 aliphatic rings. The van der Waals surface area contributed by atoms with Crippen molar-refractivity contribution in [3.05, 3.63) is 75.7 Å². The fourth-order valence-electron chi connectivity index (χ4n) is 4.91. The van der Waals surface area contributed by atoms with E-state index in [1.807, 2.05) is 32.9 Å². The van der Waals surface area contributed by atoms with Gasteiger partial charge in [-0.05, 0) is 55.7 Å². The van der Waals surface area contributed by atoms with Gasteiger partial charge < -0.3 is 14.6 Å². The molecule has 7 heteroatoms. The van der Waals surface area contributed by atoms with Crippen LogP contribution in [-0.2, 0) is 10.2 Å². The predicted octanol–water partition coefficient (Wildman–Crippen LogP) is 4.35. The summed E-state index contributed by atoms with van der Waals surface area (Å²) in [4.78, 5) is 23.4. The predicted molar refractivity (Wildman–Crippen MR) is 127 cm³/mol. The number of imidazole rings is 1. The van der Waals surface area contributed by atoms with Gasteiger partial charge >= 0.3 is 0 Å². The van der Waals surface area contributed by atoms with Crippen LogP contribution in [0, 0.1) is 32.1 Å². The molecule has 2 fully saturated rings. The number of nitriles is 1. The third kappa shape index (κ3) is 3.59. The van der Waals surface area contributed by atoms with Crippen LogP contribution in [-0.4, -0.2) is 53.8 Å². The number of carbonyl (C=O) groups excluding carboxylic acids is 1. The zero-order valence-corrected chi connectivity index (χ0v) is 19.6. The van der Waals surface area contributed by atoms with Crippen LogP contribution >= 0.6 is 0 Å². The van der Waals surface area contributed by atoms with E-state index in [0.29, 0.717) is 37.4 Å². The molecule has 3 heterocycles. The van der Waals surface area contributed by atoms with Crippen LogP contribution in [0.5, 0.6) is 0 Å². The van der Waals surface area contributed by atoms with E-state index in [-0.39, 0.29) is 11.8 Å². The van der Waals surface area contributed by atoms with E-state index in [0.717, 1.165) is 39.5 Å². The second-order valence-corrected chi connectivity index (χ2v) is 9.58. The third-order valence-corrected chi connectivity index (χ3v) is 7.14. The summed E-state index contributed by atoms with van der Waals surface area (Å²) in [5.41, 5.74) is 5.95. The minimum absolute atomic E-state index is 0.0997. The Hall–Kier alpha value is -3.50. The highest BCUT2D eigenvalue weighted by Gasteiger charge is 2.47. The molecule has 0 unspecified atom stereocenters. The molecule has 2 saturated heterocycles. The molecular formula is C27H27FN4O2. The van der Waals surface area contributed by atoms with Crippen LogP contribution in [0.1, 0.15) is 50.0 Å². The zero-order valence-electron chi connectivity index (χ0n) is 19.6. The number of alkyl halides is 1. The van der Waals surface area contributed by atoms with Crippen molar-refractivity contribution in [1.29, 1.82) is 5.26 Å². The van der Waals surface area contributed by atoms with Crippen molar-refractivity contribution in [3.8, 4) is 17.3 Å². The summed E-state index contributed by atoms with van der Waals surface area (Å²) in [6, 6.07) is 13.0. The molecule has 1 aromatic heterocycles. The van der Waals surface area contributed by atoms with E-state index in [2.05, 4.69) is 11.1 Å². The first-order valence-electron chi connectivity index (χ1n) is 11.5. The van der Waals surface area contributed by atoms with Crippen LogP contribution in [0.15, 0.2) is 36.4 Å². The molecule has 174 valence electrons. The fourth-order valence-corrected chi connectivity index (χ4v) is 4.91. The first kappa shape index (κ1) is 22.3. The van der Waals surface area contributed by atoms with Gasteiger partial charge in [0.1, 0.15) is 12.5 Å². The van der Waals surface area contributed by atoms with E-state index >= 15 is 0 Å². The fraction of sp³-hybridized carbons (Fsp3) is 0.370. The number of amides is 1. The van der Waals surface area contributed by atoms with Crippen molar-refractivity contribution >= 4 is 5.91 Å². The molecule has 3 aromatic rings. The smallest absolute Gasteiger partial charge is 0.254 e. The van der Waals surface area contributed by atoms with E-state index < -0.39 is 12.1 Å². The van der Waals surface area contributed by atoms with Crippen molar-refractivity contribution in [3.63, 3.8) is 0 Å². The molecule has 6 nitrogen and oxygen atoms in total. The van der Waals surface area contributed by atoms with E-state index in [1.165, 1.54) is 0 Å². The van der Waals surface area contributed by atoms with Gasteiger partial charge in [0.05, 0.1) is 41.9 Å². The topological polar surface area (TPSA) is 82.0 Å². The highest BCUT2D eigenvalue weighted by atomic mass is 19.1. The number of aromatic amines is 1. The monoisotopic (exact) mass is 458 g/mol. The molecular weight excluding hydrogens is 431 g/mol. The highest BCUT2D eigenvalue weighted by Crippen LogP contribution is 2.37. The van der Waals surface area contributed by atoms with Gasteiger partial charge in [0, 0.05) is 29.9 Å². The third-order valence-electron chi connectivity index (χ3n) is 7.14. The average Bonchev–Trinajstić information content (AvgIpc) is 3.13. The molecule has 0 bridgehead atoms. The van der Waals surface area contributed by atoms with Crippen molar-refractivity contribution in [1.82, 2.24) is 14.9 Å². The molecule has 0 saturated carbocycles. The SMILES string of the molecule is Cc1cc(C)c(-c2nc(C3COC3)[nH]c2C)cc1C(=O)N1CC(CF)(c2ccc(C#N)cc2)C1. The van der Waals surface area contributed by atoms with Gasteiger partial charge in [0.15, 0.2) is 0 Å². The lowest BCUT2D eigenvalue weighted by molar-refractivity contribution is 0.00518. The Kier molecular flexibility index (Phi) is 5.49. The first-order valence-corrected chi connectivity index (χ1v) is 11.5. The van der Waals surface area contributed by atoms with E-state index in [1.54, 1.807) is 29.2 Å². The van der Waals surface area contributed by atoms with Crippen molar-refractivity contribution in [2.45, 2.75) is 32.1 Å². The van der Waals surface area contributed by atoms with Crippen LogP contribution in [0.3, 0.4) is 0 Å². The summed E-state index contributed by atoms with van der Waals surface area (Å²) < 4.78 is 19.4. The second-order valence-electron chi connectivity index (χ2n) is 9.58. The number of halogens is 1. The minimum atomic E-state index is -0.719. The Balaban J connectivity index is 1.41. The Bertz CT molecular complexity index is 1300. The van der Waals surface area contributed by atoms with Gasteiger partial charge in [-0.1, -0.05) is 18.2 Å². The average molecular weight is 459 g/mol. The van der Waals surface area contributed by atoms with Crippen molar-refractivity contribution in [2.75, 3.05) is 33.0 Å². The standard InChI is InChI=1S/C27H27FN4O2/c1-16-8-17(2)23(9-22(16)24-18(3)30-25(31-24)20-11-34-12-20)26(33)32-14-27(13-28,15-32)21-6-4-19(10-29)5-7-21/h4-9,20H,11-15H2,1-3H3,(H,30,31). The molecule has 2 aliphatic heterocycles. The number of carbonyl (C=O) groups is 1. The number of nitrogens with one attached hydrogen (secondary N) is 1. The Morgan fingerprint density at radius 1 is 1.21 bits per heavy atom. The summed E-state index contributed by atoms with van der Waals surface area (Å²) in [6.07, 6.45) is 0. The van der Waals surface area contributed by atoms with E-state index in [4.69, 9.17) is 15.0 Å². The van der Waals surface area contributed by atoms with Crippen LogP contribution < -0.4 is 0 Å². The highest BCUT2D eigenvalue weighted by molar-refractivity contribution is 5.98. The van der Waals surface area contributed by atoms with Crippen LogP contribution in [0.2, 0.25) is 0 Å². The zero-order chi connectivity index (χ0) is 24.0. The summed E-state index contributed by atoms with van der Waals surface area (Å²) in [5.74, 6) is 1.11. The van der Waals surface area contributed by atoms with Gasteiger partial charge in [0.25, 0.3) is 5.91 Å². The normalized spacial score (nSPS) is 17.1. The Morgan fingerprint density at radius 3 is 2.50 bits per heavy atom. The number of hydrogen-bond acceptors (Lipinski definition) is 4. The molecule has 1 N–H and O–H groups in total. The molecule has 0 radical (unpaired) electrons. The number of rotatable bonds is 5. The molecule has 2 aromatic carbocycles. The number of likely N-dealkylation sites (tertiary alicyclic amines) is 1. The summed E-state index contributed by atoms with van der Waals surface area (Å²) in [7, 11) is 0. The summed E-state index contributed by atoms with van der Waals surface area (Å²) in [5, 5.41) is 9.02. The number of aromatic nitrogens is 2. The molecule has 0 spiro atoms. The second kappa shape index (κ2) is 8.37. The molecule has 0 atom stereocenters. The largest absolute Gasteiger partial charge is 0.380 e. The summed E-state index contributed by atoms with van der Waals surface area (Å²) >= 11 is 0. The number of nitrogens with zero attached hydrogens (tertiary/aromatic N) is 3. The van der Waals surface area contributed by atoms with Crippen LogP contribution in [0.4, 0.5) is 4.39 Å². The van der Waals surface area contributed by atoms with Gasteiger partial charge in [-0.15, -0.1) is 0 Å². The number of H-pyrrole nitrogens is 1. The Morgan fingerprint density at radius 2 is 1.91 bits per heavy atom. The minimum Gasteiger partial charge on any atom is -0.380 e. The maximum absolute atomic E-state index is 14.1. The van der Waals surface area contributed by atoms with Gasteiger partial charge in [-0.25, -0.2) is 9.37 Å². The number of ether oxygens (including phenoxy) is 1. The van der Waals surface area contributed by atoms with Gasteiger partial charge in [0.2, 0.25) is 0 Å². The van der Waals surface area contributed by atoms with Gasteiger partial charge in [-0.2, -0.15) is 5.26 Å². The lowest BCUT2D eigenvalue weighted by Crippen LogP contribution is -2.62. The van der Waals surface area contributed by atoms with Crippen LogP contribution in [0.25, 0.3) is 11.3 Å². The van der Waals surface area contributed by atoms with Gasteiger partial charge in [-0.3, -0.25) is 4.79 Å². The lowest BCUT2D eigenvalue weighted by atomic mass is 9.74. The van der Waals surface area contributed by atoms with E-state index in [9.17, 15) is 9.18 Å². The molecule has 1 amide bonds. The number of aryl methyl sites for hydroxylation is 3. The lowest BCUT2D eigenvalue weighted by Gasteiger charge is -2.49. The van der Waals surface area contributed by atoms with Crippen molar-refractivity contribution < 1.29 is 13.9 Å². The summed E-state index contributed by atoms with van der Waals surface area (Å²) in [6.45, 7) is 7.37.